The summed E-state index contributed by atoms with van der Waals surface area (Å²) in [6, 6.07) is 0. The van der Waals surface area contributed by atoms with Gasteiger partial charge in [0.1, 0.15) is 5.82 Å². The van der Waals surface area contributed by atoms with Crippen molar-refractivity contribution < 1.29 is 0 Å². The molecule has 1 fully saturated rings. The minimum Gasteiger partial charge on any atom is -0.317 e. The summed E-state index contributed by atoms with van der Waals surface area (Å²) in [5, 5.41) is 3.35. The van der Waals surface area contributed by atoms with Crippen LogP contribution in [0, 0.1) is 13.8 Å². The van der Waals surface area contributed by atoms with Gasteiger partial charge in [0.25, 0.3) is 0 Å². The lowest BCUT2D eigenvalue weighted by Gasteiger charge is -2.21. The quantitative estimate of drug-likeness (QED) is 0.732. The number of piperidine rings is 1. The van der Waals surface area contributed by atoms with Crippen molar-refractivity contribution in [3.05, 3.63) is 23.3 Å². The van der Waals surface area contributed by atoms with Crippen molar-refractivity contribution in [1.29, 1.82) is 0 Å². The highest BCUT2D eigenvalue weighted by atomic mass is 14.9. The van der Waals surface area contributed by atoms with Gasteiger partial charge in [0.05, 0.1) is 0 Å². The topological polar surface area (TPSA) is 37.8 Å². The Hall–Kier alpha value is -0.960. The van der Waals surface area contributed by atoms with Gasteiger partial charge in [0.15, 0.2) is 0 Å². The maximum atomic E-state index is 4.56. The second kappa shape index (κ2) is 4.05. The molecule has 1 saturated heterocycles. The molecule has 1 aliphatic rings. The van der Waals surface area contributed by atoms with E-state index in [2.05, 4.69) is 29.1 Å². The van der Waals surface area contributed by atoms with Crippen LogP contribution in [0.5, 0.6) is 0 Å². The Morgan fingerprint density at radius 2 is 2.00 bits per heavy atom. The zero-order valence-corrected chi connectivity index (χ0v) is 8.88. The van der Waals surface area contributed by atoms with E-state index in [1.807, 2.05) is 6.20 Å². The Kier molecular flexibility index (Phi) is 2.77. The molecule has 14 heavy (non-hydrogen) atoms. The van der Waals surface area contributed by atoms with Gasteiger partial charge in [0, 0.05) is 17.8 Å². The van der Waals surface area contributed by atoms with Crippen LogP contribution < -0.4 is 5.32 Å². The largest absolute Gasteiger partial charge is 0.317 e. The first kappa shape index (κ1) is 9.59. The molecule has 0 bridgehead atoms. The molecule has 0 unspecified atom stereocenters. The highest BCUT2D eigenvalue weighted by Gasteiger charge is 2.17. The molecule has 1 aromatic heterocycles. The number of aromatic nitrogens is 2. The Morgan fingerprint density at radius 3 is 2.64 bits per heavy atom. The smallest absolute Gasteiger partial charge is 0.131 e. The van der Waals surface area contributed by atoms with E-state index in [-0.39, 0.29) is 0 Å². The highest BCUT2D eigenvalue weighted by molar-refractivity contribution is 5.15. The van der Waals surface area contributed by atoms with Crippen LogP contribution in [0.25, 0.3) is 0 Å². The van der Waals surface area contributed by atoms with E-state index in [1.54, 1.807) is 0 Å². The molecular weight excluding hydrogens is 174 g/mol. The zero-order chi connectivity index (χ0) is 9.97. The Labute approximate surface area is 85.0 Å². The monoisotopic (exact) mass is 191 g/mol. The van der Waals surface area contributed by atoms with Crippen LogP contribution in [0.15, 0.2) is 6.20 Å². The van der Waals surface area contributed by atoms with Crippen LogP contribution in [-0.4, -0.2) is 23.1 Å². The van der Waals surface area contributed by atoms with Crippen molar-refractivity contribution >= 4 is 0 Å². The van der Waals surface area contributed by atoms with Crippen molar-refractivity contribution in [3.8, 4) is 0 Å². The van der Waals surface area contributed by atoms with Gasteiger partial charge >= 0.3 is 0 Å². The summed E-state index contributed by atoms with van der Waals surface area (Å²) in [6.45, 7) is 6.31. The van der Waals surface area contributed by atoms with Crippen molar-refractivity contribution in [1.82, 2.24) is 15.3 Å². The number of aryl methyl sites for hydroxylation is 2. The van der Waals surface area contributed by atoms with E-state index in [4.69, 9.17) is 0 Å². The van der Waals surface area contributed by atoms with E-state index in [0.29, 0.717) is 5.92 Å². The fraction of sp³-hybridized carbons (Fsp3) is 0.636. The van der Waals surface area contributed by atoms with Gasteiger partial charge in [-0.3, -0.25) is 0 Å². The first-order valence-electron chi connectivity index (χ1n) is 5.28. The van der Waals surface area contributed by atoms with Gasteiger partial charge in [-0.05, 0) is 45.3 Å². The summed E-state index contributed by atoms with van der Waals surface area (Å²) >= 11 is 0. The molecule has 0 aliphatic carbocycles. The number of nitrogens with zero attached hydrogens (tertiary/aromatic N) is 2. The van der Waals surface area contributed by atoms with Crippen molar-refractivity contribution in [2.75, 3.05) is 13.1 Å². The Bertz CT molecular complexity index is 316. The number of rotatable bonds is 1. The fourth-order valence-corrected chi connectivity index (χ4v) is 1.82. The molecule has 0 aromatic carbocycles. The highest BCUT2D eigenvalue weighted by Crippen LogP contribution is 2.22. The molecule has 76 valence electrons. The van der Waals surface area contributed by atoms with Crippen LogP contribution >= 0.6 is 0 Å². The van der Waals surface area contributed by atoms with Crippen LogP contribution in [0.4, 0.5) is 0 Å². The van der Waals surface area contributed by atoms with E-state index >= 15 is 0 Å². The average molecular weight is 191 g/mol. The van der Waals surface area contributed by atoms with Crippen LogP contribution in [-0.2, 0) is 0 Å². The third kappa shape index (κ3) is 1.93. The summed E-state index contributed by atoms with van der Waals surface area (Å²) < 4.78 is 0. The van der Waals surface area contributed by atoms with Crippen molar-refractivity contribution in [2.24, 2.45) is 0 Å². The molecule has 2 heterocycles. The molecule has 1 aliphatic heterocycles. The van der Waals surface area contributed by atoms with Gasteiger partial charge < -0.3 is 5.32 Å². The van der Waals surface area contributed by atoms with E-state index in [9.17, 15) is 0 Å². The number of hydrogen-bond acceptors (Lipinski definition) is 3. The second-order valence-electron chi connectivity index (χ2n) is 4.02. The molecule has 1 N–H and O–H groups in total. The third-order valence-corrected chi connectivity index (χ3v) is 2.95. The Balaban J connectivity index is 2.18. The van der Waals surface area contributed by atoms with Crippen molar-refractivity contribution in [2.45, 2.75) is 32.6 Å². The molecule has 3 nitrogen and oxygen atoms in total. The molecule has 2 rings (SSSR count). The first-order valence-corrected chi connectivity index (χ1v) is 5.28. The molecule has 0 spiro atoms. The van der Waals surface area contributed by atoms with E-state index in [0.717, 1.165) is 24.6 Å². The zero-order valence-electron chi connectivity index (χ0n) is 8.88. The van der Waals surface area contributed by atoms with Crippen molar-refractivity contribution in [3.63, 3.8) is 0 Å². The standard InChI is InChI=1S/C11H17N3/c1-8-7-13-11(14-9(8)2)10-3-5-12-6-4-10/h7,10,12H,3-6H2,1-2H3. The summed E-state index contributed by atoms with van der Waals surface area (Å²) in [6.07, 6.45) is 4.28. The number of nitrogens with one attached hydrogen (secondary N) is 1. The summed E-state index contributed by atoms with van der Waals surface area (Å²) in [7, 11) is 0. The summed E-state index contributed by atoms with van der Waals surface area (Å²) in [5.74, 6) is 1.60. The lowest BCUT2D eigenvalue weighted by Crippen LogP contribution is -2.27. The third-order valence-electron chi connectivity index (χ3n) is 2.95. The Morgan fingerprint density at radius 1 is 1.29 bits per heavy atom. The van der Waals surface area contributed by atoms with Gasteiger partial charge in [-0.1, -0.05) is 0 Å². The second-order valence-corrected chi connectivity index (χ2v) is 4.02. The normalized spacial score (nSPS) is 18.4. The van der Waals surface area contributed by atoms with Gasteiger partial charge in [0.2, 0.25) is 0 Å². The molecule has 0 saturated carbocycles. The minimum absolute atomic E-state index is 0.565. The molecular formula is C11H17N3. The van der Waals surface area contributed by atoms with E-state index < -0.39 is 0 Å². The molecule has 0 amide bonds. The predicted molar refractivity (Wildman–Crippen MR) is 56.4 cm³/mol. The minimum atomic E-state index is 0.565. The van der Waals surface area contributed by atoms with E-state index in [1.165, 1.54) is 18.4 Å². The predicted octanol–water partition coefficient (Wildman–Crippen LogP) is 1.56. The average Bonchev–Trinajstić information content (AvgIpc) is 2.23. The number of hydrogen-bond donors (Lipinski definition) is 1. The SMILES string of the molecule is Cc1cnc(C2CCNCC2)nc1C. The summed E-state index contributed by atoms with van der Waals surface area (Å²) in [5.41, 5.74) is 2.30. The molecule has 0 radical (unpaired) electrons. The maximum Gasteiger partial charge on any atom is 0.131 e. The van der Waals surface area contributed by atoms with Gasteiger partial charge in [-0.25, -0.2) is 9.97 Å². The molecule has 1 aromatic rings. The maximum absolute atomic E-state index is 4.56. The first-order chi connectivity index (χ1) is 6.77. The van der Waals surface area contributed by atoms with Crippen LogP contribution in [0.3, 0.4) is 0 Å². The lowest BCUT2D eigenvalue weighted by atomic mass is 9.97. The molecule has 0 atom stereocenters. The lowest BCUT2D eigenvalue weighted by molar-refractivity contribution is 0.444. The van der Waals surface area contributed by atoms with Gasteiger partial charge in [-0.15, -0.1) is 0 Å². The van der Waals surface area contributed by atoms with Gasteiger partial charge in [-0.2, -0.15) is 0 Å². The fourth-order valence-electron chi connectivity index (χ4n) is 1.82. The summed E-state index contributed by atoms with van der Waals surface area (Å²) in [4.78, 5) is 8.98. The van der Waals surface area contributed by atoms with Crippen LogP contribution in [0.1, 0.15) is 35.8 Å². The van der Waals surface area contributed by atoms with Crippen LogP contribution in [0.2, 0.25) is 0 Å². The molecule has 3 heteroatoms.